The van der Waals surface area contributed by atoms with E-state index in [1.54, 1.807) is 69.3 Å². The van der Waals surface area contributed by atoms with Crippen LogP contribution >= 0.6 is 0 Å². The molecule has 5 atom stereocenters. The Morgan fingerprint density at radius 3 is 1.40 bits per heavy atom. The lowest BCUT2D eigenvalue weighted by Gasteiger charge is -2.25. The summed E-state index contributed by atoms with van der Waals surface area (Å²) in [6, 6.07) is 16.3. The quantitative estimate of drug-likeness (QED) is 0.00816. The highest BCUT2D eigenvalue weighted by Gasteiger charge is 2.30. The number of hydrogen-bond acceptors (Lipinski definition) is 15. The number of nitro groups is 1. The number of benzene rings is 3. The predicted octanol–water partition coefficient (Wildman–Crippen LogP) is 9.49. The van der Waals surface area contributed by atoms with Crippen LogP contribution in [0.5, 0.6) is 5.75 Å². The van der Waals surface area contributed by atoms with Crippen molar-refractivity contribution in [3.63, 3.8) is 0 Å². The highest BCUT2D eigenvalue weighted by molar-refractivity contribution is 5.97. The molecule has 7 amide bonds. The van der Waals surface area contributed by atoms with Gasteiger partial charge < -0.3 is 57.0 Å². The van der Waals surface area contributed by atoms with Crippen molar-refractivity contribution < 1.29 is 67.0 Å². The summed E-state index contributed by atoms with van der Waals surface area (Å²) in [6.45, 7) is 21.2. The molecular formula is C58H84N8O15. The highest BCUT2D eigenvalue weighted by atomic mass is 16.7. The van der Waals surface area contributed by atoms with Crippen LogP contribution in [-0.4, -0.2) is 83.3 Å². The van der Waals surface area contributed by atoms with Crippen LogP contribution in [0.25, 0.3) is 0 Å². The summed E-state index contributed by atoms with van der Waals surface area (Å²) in [6.07, 6.45) is 0.659. The van der Waals surface area contributed by atoms with E-state index in [4.69, 9.17) is 30.4 Å². The van der Waals surface area contributed by atoms with Gasteiger partial charge in [-0.2, -0.15) is 0 Å². The minimum Gasteiger partial charge on any atom is -0.458 e. The number of ether oxygens (including phenoxy) is 4. The molecule has 0 unspecified atom stereocenters. The summed E-state index contributed by atoms with van der Waals surface area (Å²) in [5.74, 6) is -2.05. The zero-order chi connectivity index (χ0) is 61.0. The van der Waals surface area contributed by atoms with Gasteiger partial charge in [0.05, 0.1) is 4.92 Å². The number of esters is 1. The van der Waals surface area contributed by atoms with Gasteiger partial charge in [0.1, 0.15) is 42.2 Å². The lowest BCUT2D eigenvalue weighted by atomic mass is 9.86. The van der Waals surface area contributed by atoms with Crippen LogP contribution in [0.15, 0.2) is 72.8 Å². The Balaban J connectivity index is 0.000000555. The number of carbonyl (C=O) groups excluding carboxylic acids is 9. The van der Waals surface area contributed by atoms with Gasteiger partial charge in [-0.1, -0.05) is 79.7 Å². The van der Waals surface area contributed by atoms with Crippen LogP contribution in [-0.2, 0) is 51.4 Å². The summed E-state index contributed by atoms with van der Waals surface area (Å²) >= 11 is 0. The minimum absolute atomic E-state index is 0.00104. The van der Waals surface area contributed by atoms with Crippen molar-refractivity contribution in [1.29, 1.82) is 0 Å². The van der Waals surface area contributed by atoms with E-state index in [9.17, 15) is 53.3 Å². The first-order chi connectivity index (χ1) is 37.9. The molecule has 0 fully saturated rings. The van der Waals surface area contributed by atoms with Crippen LogP contribution < -0.4 is 42.8 Å². The zero-order valence-corrected chi connectivity index (χ0v) is 48.6. The van der Waals surface area contributed by atoms with Gasteiger partial charge in [-0.05, 0) is 118 Å². The molecule has 0 radical (unpaired) electrons. The van der Waals surface area contributed by atoms with E-state index in [0.29, 0.717) is 67.7 Å². The molecule has 3 aromatic carbocycles. The number of alkyl carbamates (subject to hydrolysis) is 1. The predicted molar refractivity (Wildman–Crippen MR) is 304 cm³/mol. The van der Waals surface area contributed by atoms with Gasteiger partial charge in [0, 0.05) is 73.1 Å². The van der Waals surface area contributed by atoms with E-state index in [1.807, 2.05) is 55.4 Å². The number of nitrogens with zero attached hydrogens (tertiary/aromatic N) is 1. The summed E-state index contributed by atoms with van der Waals surface area (Å²) in [4.78, 5) is 120. The van der Waals surface area contributed by atoms with Crippen LogP contribution in [0.2, 0.25) is 0 Å². The Kier molecular flexibility index (Phi) is 29.6. The van der Waals surface area contributed by atoms with Crippen molar-refractivity contribution >= 4 is 70.7 Å². The maximum atomic E-state index is 13.1. The Bertz CT molecular complexity index is 2550. The standard InChI is InChI=1S/C31H50N4O7.C27H34N4O8/c1-19(2)16-25(28(38)42-31(6,7)8)35-30(40)41-18-22-11-13-24(14-12-22)34-27(37)23(10-9-15-33-29(32)39)17-26(36)21(5)20(3)4;1-17(2)18(3)24(32)15-20(5-4-14-29-26(28)34)25(33)30-21-8-6-19(7-9-21)16-38-27(35)39-23-12-10-22(11-13-23)31(36)37/h11-14,19-21,23,25H,9-10,15-18H2,1-8H3,(H,34,37)(H,35,40)(H3,32,33,39);6-13,17-18,20H,4-5,14-16H2,1-3H3,(H,30,33)(H3,28,29,34)/t21-,23+,25-;18-,20+/m00/s1. The number of urea groups is 2. The molecule has 23 nitrogen and oxygen atoms in total. The molecule has 0 aromatic heterocycles. The van der Waals surface area contributed by atoms with Crippen LogP contribution in [0, 0.1) is 51.5 Å². The average Bonchev–Trinajstić information content (AvgIpc) is 3.38. The lowest BCUT2D eigenvalue weighted by molar-refractivity contribution is -0.384. The van der Waals surface area contributed by atoms with E-state index in [2.05, 4.69) is 26.6 Å². The summed E-state index contributed by atoms with van der Waals surface area (Å²) in [5.41, 5.74) is 11.7. The number of primary amides is 2. The molecular weight excluding hydrogens is 1050 g/mol. The van der Waals surface area contributed by atoms with Gasteiger partial charge in [0.2, 0.25) is 11.8 Å². The van der Waals surface area contributed by atoms with Crippen molar-refractivity contribution in [3.8, 4) is 5.75 Å². The van der Waals surface area contributed by atoms with E-state index < -0.39 is 58.7 Å². The van der Waals surface area contributed by atoms with E-state index in [1.165, 1.54) is 24.3 Å². The first-order valence-corrected chi connectivity index (χ1v) is 27.1. The molecule has 3 aromatic rings. The molecule has 0 aliphatic heterocycles. The molecule has 0 spiro atoms. The Hall–Kier alpha value is -8.11. The first-order valence-electron chi connectivity index (χ1n) is 27.1. The largest absolute Gasteiger partial charge is 0.514 e. The normalized spacial score (nSPS) is 12.9. The number of anilines is 2. The fourth-order valence-electron chi connectivity index (χ4n) is 7.53. The number of carbonyl (C=O) groups is 9. The Labute approximate surface area is 474 Å². The van der Waals surface area contributed by atoms with E-state index in [0.717, 1.165) is 0 Å². The van der Waals surface area contributed by atoms with Gasteiger partial charge in [-0.3, -0.25) is 29.3 Å². The van der Waals surface area contributed by atoms with Gasteiger partial charge in [0.15, 0.2) is 0 Å². The number of rotatable bonds is 30. The second-order valence-electron chi connectivity index (χ2n) is 21.9. The summed E-state index contributed by atoms with van der Waals surface area (Å²) in [5, 5.41) is 24.0. The van der Waals surface area contributed by atoms with E-state index in [-0.39, 0.29) is 90.5 Å². The fourth-order valence-corrected chi connectivity index (χ4v) is 7.53. The number of ketones is 2. The van der Waals surface area contributed by atoms with Gasteiger partial charge in [-0.25, -0.2) is 24.0 Å². The van der Waals surface area contributed by atoms with E-state index >= 15 is 0 Å². The van der Waals surface area contributed by atoms with Gasteiger partial charge in [0.25, 0.3) is 5.69 Å². The second-order valence-corrected chi connectivity index (χ2v) is 21.9. The van der Waals surface area contributed by atoms with Crippen LogP contribution in [0.1, 0.15) is 132 Å². The van der Waals surface area contributed by atoms with Crippen molar-refractivity contribution in [2.45, 2.75) is 146 Å². The third-order valence-corrected chi connectivity index (χ3v) is 12.8. The van der Waals surface area contributed by atoms with Gasteiger partial charge >= 0.3 is 30.3 Å². The molecule has 9 N–H and O–H groups in total. The number of hydrogen-bond donors (Lipinski definition) is 7. The molecule has 3 rings (SSSR count). The maximum absolute atomic E-state index is 13.1. The molecule has 23 heteroatoms. The monoisotopic (exact) mass is 1130 g/mol. The highest BCUT2D eigenvalue weighted by Crippen LogP contribution is 2.24. The number of nitrogens with one attached hydrogen (secondary N) is 5. The molecule has 0 saturated carbocycles. The molecule has 0 aliphatic carbocycles. The number of nitro benzene ring substituents is 1. The molecule has 0 saturated heterocycles. The number of Topliss-reactive ketones (excluding diaryl/α,β-unsaturated/α-hetero) is 2. The Morgan fingerprint density at radius 1 is 0.605 bits per heavy atom. The second kappa shape index (κ2) is 34.8. The third-order valence-electron chi connectivity index (χ3n) is 12.8. The molecule has 446 valence electrons. The smallest absolute Gasteiger partial charge is 0.458 e. The topological polar surface area (TPSA) is 346 Å². The van der Waals surface area contributed by atoms with Crippen LogP contribution in [0.3, 0.4) is 0 Å². The minimum atomic E-state index is -0.977. The van der Waals surface area contributed by atoms with Gasteiger partial charge in [-0.15, -0.1) is 0 Å². The summed E-state index contributed by atoms with van der Waals surface area (Å²) < 4.78 is 20.8. The first kappa shape index (κ1) is 69.0. The maximum Gasteiger partial charge on any atom is 0.514 e. The van der Waals surface area contributed by atoms with Crippen molar-refractivity contribution in [2.24, 2.45) is 52.9 Å². The number of non-ortho nitro benzene ring substituents is 1. The molecule has 0 aliphatic rings. The summed E-state index contributed by atoms with van der Waals surface area (Å²) in [7, 11) is 0. The molecule has 0 heterocycles. The number of nitrogens with two attached hydrogens (primary N) is 2. The number of amides is 7. The third kappa shape index (κ3) is 28.6. The average molecular weight is 1130 g/mol. The lowest BCUT2D eigenvalue weighted by Crippen LogP contribution is -2.45. The van der Waals surface area contributed by atoms with Crippen LogP contribution in [0.4, 0.5) is 36.2 Å². The zero-order valence-electron chi connectivity index (χ0n) is 48.6. The van der Waals surface area contributed by atoms with Crippen molar-refractivity contribution in [3.05, 3.63) is 94.0 Å². The van der Waals surface area contributed by atoms with Crippen molar-refractivity contribution in [2.75, 3.05) is 23.7 Å². The van der Waals surface area contributed by atoms with Crippen molar-refractivity contribution in [1.82, 2.24) is 16.0 Å². The Morgan fingerprint density at radius 2 is 1.02 bits per heavy atom. The SMILES string of the molecule is CC(C)C[C@H](NC(=O)OCc1ccc(NC(=O)[C@H](CCCNC(N)=O)CC(=O)[C@@H](C)C(C)C)cc1)C(=O)OC(C)(C)C.CC(C)[C@H](C)C(=O)C[C@@H](CCCNC(N)=O)C(=O)Nc1ccc(COC(=O)Oc2ccc([N+](=O)[O-])cc2)cc1. The molecule has 81 heavy (non-hydrogen) atoms. The molecule has 0 bridgehead atoms. The fraction of sp³-hybridized carbons (Fsp3) is 0.534.